The van der Waals surface area contributed by atoms with Gasteiger partial charge in [0.2, 0.25) is 0 Å². The van der Waals surface area contributed by atoms with Crippen LogP contribution in [0.1, 0.15) is 18.1 Å². The van der Waals surface area contributed by atoms with Crippen molar-refractivity contribution in [3.05, 3.63) is 35.4 Å². The number of nitrogens with zero attached hydrogens (tertiary/aromatic N) is 2. The molecular weight excluding hydrogens is 256 g/mol. The van der Waals surface area contributed by atoms with Gasteiger partial charge in [0.05, 0.1) is 5.92 Å². The molecule has 1 aromatic rings. The second kappa shape index (κ2) is 4.81. The van der Waals surface area contributed by atoms with Crippen molar-refractivity contribution in [2.75, 3.05) is 13.1 Å². The van der Waals surface area contributed by atoms with Gasteiger partial charge in [0.25, 0.3) is 0 Å². The summed E-state index contributed by atoms with van der Waals surface area (Å²) in [5, 5.41) is 9.14. The number of hydrogen-bond acceptors (Lipinski definition) is 2. The molecule has 1 fully saturated rings. The highest BCUT2D eigenvalue weighted by Crippen LogP contribution is 2.28. The van der Waals surface area contributed by atoms with E-state index in [-0.39, 0.29) is 11.9 Å². The van der Waals surface area contributed by atoms with Crippen LogP contribution in [0.25, 0.3) is 0 Å². The number of rotatable bonds is 1. The second-order valence-electron chi connectivity index (χ2n) is 5.73. The average molecular weight is 274 g/mol. The van der Waals surface area contributed by atoms with Gasteiger partial charge >= 0.3 is 12.0 Å². The van der Waals surface area contributed by atoms with E-state index in [2.05, 4.69) is 0 Å². The van der Waals surface area contributed by atoms with Crippen LogP contribution in [0.5, 0.6) is 0 Å². The third-order valence-corrected chi connectivity index (χ3v) is 4.31. The Labute approximate surface area is 117 Å². The molecule has 1 N–H and O–H groups in total. The molecule has 0 saturated carbocycles. The number of urea groups is 1. The summed E-state index contributed by atoms with van der Waals surface area (Å²) in [4.78, 5) is 27.1. The van der Waals surface area contributed by atoms with E-state index in [0.717, 1.165) is 0 Å². The van der Waals surface area contributed by atoms with Gasteiger partial charge in [-0.25, -0.2) is 4.79 Å². The topological polar surface area (TPSA) is 60.9 Å². The number of hydrogen-bond donors (Lipinski definition) is 1. The fourth-order valence-electron chi connectivity index (χ4n) is 3.11. The number of likely N-dealkylation sites (tertiary alicyclic amines) is 1. The van der Waals surface area contributed by atoms with E-state index in [1.807, 2.05) is 31.2 Å². The van der Waals surface area contributed by atoms with E-state index < -0.39 is 11.9 Å². The number of carbonyl (C=O) groups excluding carboxylic acids is 1. The van der Waals surface area contributed by atoms with Crippen molar-refractivity contribution in [3.8, 4) is 0 Å². The number of benzene rings is 1. The van der Waals surface area contributed by atoms with Gasteiger partial charge in [-0.05, 0) is 17.0 Å². The summed E-state index contributed by atoms with van der Waals surface area (Å²) in [7, 11) is 0. The molecule has 20 heavy (non-hydrogen) atoms. The molecule has 2 amide bonds. The van der Waals surface area contributed by atoms with Crippen LogP contribution in [0.3, 0.4) is 0 Å². The van der Waals surface area contributed by atoms with Crippen LogP contribution < -0.4 is 0 Å². The van der Waals surface area contributed by atoms with Crippen molar-refractivity contribution >= 4 is 12.0 Å². The summed E-state index contributed by atoms with van der Waals surface area (Å²) < 4.78 is 0. The highest BCUT2D eigenvalue weighted by atomic mass is 16.4. The zero-order valence-corrected chi connectivity index (χ0v) is 11.5. The van der Waals surface area contributed by atoms with Crippen LogP contribution in [-0.2, 0) is 17.9 Å². The number of carboxylic acid groups (broad SMARTS) is 1. The van der Waals surface area contributed by atoms with Gasteiger partial charge in [0.1, 0.15) is 0 Å². The molecule has 5 heteroatoms. The Morgan fingerprint density at radius 1 is 1.10 bits per heavy atom. The van der Waals surface area contributed by atoms with Crippen LogP contribution >= 0.6 is 0 Å². The highest BCUT2D eigenvalue weighted by molar-refractivity contribution is 5.78. The van der Waals surface area contributed by atoms with Gasteiger partial charge in [-0.2, -0.15) is 0 Å². The van der Waals surface area contributed by atoms with Gasteiger partial charge < -0.3 is 14.9 Å². The first-order valence-corrected chi connectivity index (χ1v) is 6.89. The van der Waals surface area contributed by atoms with Crippen LogP contribution in [0.4, 0.5) is 4.79 Å². The predicted molar refractivity (Wildman–Crippen MR) is 72.9 cm³/mol. The first kappa shape index (κ1) is 13.0. The van der Waals surface area contributed by atoms with Gasteiger partial charge in [-0.15, -0.1) is 0 Å². The summed E-state index contributed by atoms with van der Waals surface area (Å²) in [6.45, 7) is 3.99. The molecule has 0 bridgehead atoms. The van der Waals surface area contributed by atoms with Crippen LogP contribution in [0.2, 0.25) is 0 Å². The molecule has 0 spiro atoms. The molecule has 0 aromatic heterocycles. The molecule has 0 unspecified atom stereocenters. The maximum atomic E-state index is 12.5. The van der Waals surface area contributed by atoms with Crippen molar-refractivity contribution in [2.24, 2.45) is 11.8 Å². The smallest absolute Gasteiger partial charge is 0.320 e. The minimum atomic E-state index is -0.808. The maximum Gasteiger partial charge on any atom is 0.320 e. The lowest BCUT2D eigenvalue weighted by Gasteiger charge is -2.23. The quantitative estimate of drug-likeness (QED) is 0.849. The minimum absolute atomic E-state index is 0.0152. The monoisotopic (exact) mass is 274 g/mol. The van der Waals surface area contributed by atoms with E-state index in [1.54, 1.807) is 9.80 Å². The molecule has 1 saturated heterocycles. The second-order valence-corrected chi connectivity index (χ2v) is 5.73. The van der Waals surface area contributed by atoms with Crippen molar-refractivity contribution in [1.29, 1.82) is 0 Å². The Bertz CT molecular complexity index is 533. The molecule has 3 rings (SSSR count). The van der Waals surface area contributed by atoms with Gasteiger partial charge in [0.15, 0.2) is 0 Å². The zero-order valence-electron chi connectivity index (χ0n) is 11.5. The van der Waals surface area contributed by atoms with Crippen LogP contribution in [0, 0.1) is 11.8 Å². The Kier molecular flexibility index (Phi) is 3.12. The van der Waals surface area contributed by atoms with E-state index >= 15 is 0 Å². The highest BCUT2D eigenvalue weighted by Gasteiger charge is 2.39. The Balaban J connectivity index is 1.69. The van der Waals surface area contributed by atoms with Gasteiger partial charge in [-0.3, -0.25) is 4.79 Å². The molecule has 2 heterocycles. The lowest BCUT2D eigenvalue weighted by Crippen LogP contribution is -2.39. The van der Waals surface area contributed by atoms with E-state index in [0.29, 0.717) is 26.2 Å². The molecule has 2 atom stereocenters. The van der Waals surface area contributed by atoms with Crippen LogP contribution in [-0.4, -0.2) is 40.0 Å². The summed E-state index contributed by atoms with van der Waals surface area (Å²) in [5.74, 6) is -1.23. The van der Waals surface area contributed by atoms with Gasteiger partial charge in [0, 0.05) is 26.2 Å². The number of aliphatic carboxylic acids is 1. The fourth-order valence-corrected chi connectivity index (χ4v) is 3.11. The fraction of sp³-hybridized carbons (Fsp3) is 0.467. The Morgan fingerprint density at radius 2 is 1.70 bits per heavy atom. The third-order valence-electron chi connectivity index (χ3n) is 4.31. The van der Waals surface area contributed by atoms with Crippen molar-refractivity contribution in [2.45, 2.75) is 20.0 Å². The third kappa shape index (κ3) is 2.13. The maximum absolute atomic E-state index is 12.5. The van der Waals surface area contributed by atoms with Crippen molar-refractivity contribution in [1.82, 2.24) is 9.80 Å². The number of carbonyl (C=O) groups is 2. The van der Waals surface area contributed by atoms with Gasteiger partial charge in [-0.1, -0.05) is 31.2 Å². The average Bonchev–Trinajstić information content (AvgIpc) is 3.01. The van der Waals surface area contributed by atoms with E-state index in [9.17, 15) is 9.59 Å². The Hall–Kier alpha value is -2.04. The van der Waals surface area contributed by atoms with Crippen LogP contribution in [0.15, 0.2) is 24.3 Å². The largest absolute Gasteiger partial charge is 0.481 e. The van der Waals surface area contributed by atoms with Crippen molar-refractivity contribution < 1.29 is 14.7 Å². The molecule has 106 valence electrons. The lowest BCUT2D eigenvalue weighted by molar-refractivity contribution is -0.142. The lowest BCUT2D eigenvalue weighted by atomic mass is 9.99. The van der Waals surface area contributed by atoms with Crippen molar-refractivity contribution in [3.63, 3.8) is 0 Å². The molecular formula is C15H18N2O3. The first-order valence-electron chi connectivity index (χ1n) is 6.89. The molecule has 2 aliphatic heterocycles. The zero-order chi connectivity index (χ0) is 14.3. The van der Waals surface area contributed by atoms with E-state index in [4.69, 9.17) is 5.11 Å². The minimum Gasteiger partial charge on any atom is -0.481 e. The summed E-state index contributed by atoms with van der Waals surface area (Å²) >= 11 is 0. The molecule has 1 aromatic carbocycles. The SMILES string of the molecule is C[C@@H]1CN(C(=O)N2Cc3ccccc3C2)C[C@H]1C(=O)O. The standard InChI is InChI=1S/C15H18N2O3/c1-10-6-16(9-13(10)14(18)19)15(20)17-7-11-4-2-3-5-12(11)8-17/h2-5,10,13H,6-9H2,1H3,(H,18,19)/t10-,13-/m1/s1. The summed E-state index contributed by atoms with van der Waals surface area (Å²) in [6.07, 6.45) is 0. The summed E-state index contributed by atoms with van der Waals surface area (Å²) in [5.41, 5.74) is 2.37. The molecule has 0 aliphatic carbocycles. The molecule has 2 aliphatic rings. The first-order chi connectivity index (χ1) is 9.56. The number of amides is 2. The molecule has 5 nitrogen and oxygen atoms in total. The number of carboxylic acids is 1. The summed E-state index contributed by atoms with van der Waals surface area (Å²) in [6, 6.07) is 7.98. The van der Waals surface area contributed by atoms with E-state index in [1.165, 1.54) is 11.1 Å². The molecule has 0 radical (unpaired) electrons. The Morgan fingerprint density at radius 3 is 2.20 bits per heavy atom. The number of fused-ring (bicyclic) bond motifs is 1. The normalized spacial score (nSPS) is 24.9. The predicted octanol–water partition coefficient (Wildman–Crippen LogP) is 1.77.